The Morgan fingerprint density at radius 3 is 2.30 bits per heavy atom. The van der Waals surface area contributed by atoms with E-state index in [1.165, 1.54) is 0 Å². The molecule has 1 saturated carbocycles. The van der Waals surface area contributed by atoms with Crippen LogP contribution in [-0.4, -0.2) is 10.6 Å². The molecule has 0 bridgehead atoms. The van der Waals surface area contributed by atoms with Gasteiger partial charge in [0, 0.05) is 30.2 Å². The van der Waals surface area contributed by atoms with E-state index in [2.05, 4.69) is 39.1 Å². The Hall–Kier alpha value is -1.77. The molecule has 1 heterocycles. The van der Waals surface area contributed by atoms with Crippen LogP contribution < -0.4 is 10.9 Å². The quantitative estimate of drug-likeness (QED) is 0.907. The Morgan fingerprint density at radius 2 is 1.70 bits per heavy atom. The number of benzene rings is 1. The number of pyridine rings is 1. The zero-order valence-electron chi connectivity index (χ0n) is 12.8. The number of hydrogen-bond acceptors (Lipinski definition) is 2. The molecule has 0 aliphatic heterocycles. The van der Waals surface area contributed by atoms with Gasteiger partial charge in [0.1, 0.15) is 0 Å². The minimum atomic E-state index is 0.0301. The molecule has 2 aromatic rings. The average Bonchev–Trinajstić information content (AvgIpc) is 2.78. The first-order valence-electron chi connectivity index (χ1n) is 7.12. The monoisotopic (exact) mass is 270 g/mol. The van der Waals surface area contributed by atoms with Crippen LogP contribution in [0.15, 0.2) is 35.1 Å². The van der Waals surface area contributed by atoms with Crippen molar-refractivity contribution in [3.8, 4) is 0 Å². The van der Waals surface area contributed by atoms with E-state index in [1.54, 1.807) is 10.6 Å². The summed E-state index contributed by atoms with van der Waals surface area (Å²) in [6, 6.07) is 10.2. The van der Waals surface area contributed by atoms with E-state index in [4.69, 9.17) is 0 Å². The number of nitrogens with zero attached hydrogens (tertiary/aromatic N) is 1. The van der Waals surface area contributed by atoms with Gasteiger partial charge in [0.15, 0.2) is 0 Å². The van der Waals surface area contributed by atoms with Crippen molar-refractivity contribution >= 4 is 16.6 Å². The van der Waals surface area contributed by atoms with E-state index in [0.717, 1.165) is 16.6 Å². The second kappa shape index (κ2) is 3.87. The van der Waals surface area contributed by atoms with Crippen molar-refractivity contribution in [3.63, 3.8) is 0 Å². The number of hydrogen-bond donors (Lipinski definition) is 1. The lowest BCUT2D eigenvalue weighted by atomic mass is 10.0. The van der Waals surface area contributed by atoms with E-state index in [9.17, 15) is 4.79 Å². The third kappa shape index (κ3) is 1.62. The summed E-state index contributed by atoms with van der Waals surface area (Å²) in [7, 11) is 1.82. The van der Waals surface area contributed by atoms with Crippen LogP contribution in [0.25, 0.3) is 10.9 Å². The summed E-state index contributed by atoms with van der Waals surface area (Å²) in [5.41, 5.74) is 2.44. The fourth-order valence-corrected chi connectivity index (χ4v) is 3.24. The number of anilines is 1. The topological polar surface area (TPSA) is 34.0 Å². The summed E-state index contributed by atoms with van der Waals surface area (Å²) in [5.74, 6) is 0. The number of nitrogens with one attached hydrogen (secondary N) is 1. The second-order valence-corrected chi connectivity index (χ2v) is 6.99. The Kier molecular flexibility index (Phi) is 2.56. The second-order valence-electron chi connectivity index (χ2n) is 6.99. The first-order chi connectivity index (χ1) is 9.26. The van der Waals surface area contributed by atoms with Gasteiger partial charge in [-0.1, -0.05) is 45.9 Å². The van der Waals surface area contributed by atoms with E-state index < -0.39 is 0 Å². The summed E-state index contributed by atoms with van der Waals surface area (Å²) >= 11 is 0. The van der Waals surface area contributed by atoms with Crippen LogP contribution in [0, 0.1) is 10.8 Å². The first-order valence-corrected chi connectivity index (χ1v) is 7.12. The van der Waals surface area contributed by atoms with Crippen LogP contribution in [0.3, 0.4) is 0 Å². The Balaban J connectivity index is 2.10. The third-order valence-corrected chi connectivity index (χ3v) is 5.47. The molecule has 1 fully saturated rings. The SMILES string of the molecule is Cn1c(=O)cc(NC2C(C)(C)C2(C)C)c2ccccc21. The largest absolute Gasteiger partial charge is 0.380 e. The molecule has 0 spiro atoms. The third-order valence-electron chi connectivity index (χ3n) is 5.47. The van der Waals surface area contributed by atoms with Crippen molar-refractivity contribution in [2.45, 2.75) is 33.7 Å². The molecular formula is C17H22N2O. The number of aryl methyl sites for hydroxylation is 1. The van der Waals surface area contributed by atoms with Gasteiger partial charge >= 0.3 is 0 Å². The zero-order chi connectivity index (χ0) is 14.7. The van der Waals surface area contributed by atoms with Crippen LogP contribution in [0.2, 0.25) is 0 Å². The maximum absolute atomic E-state index is 12.1. The first kappa shape index (κ1) is 13.2. The zero-order valence-corrected chi connectivity index (χ0v) is 12.8. The maximum atomic E-state index is 12.1. The minimum absolute atomic E-state index is 0.0301. The fraction of sp³-hybridized carbons (Fsp3) is 0.471. The van der Waals surface area contributed by atoms with E-state index in [-0.39, 0.29) is 16.4 Å². The molecule has 0 radical (unpaired) electrons. The van der Waals surface area contributed by atoms with Crippen molar-refractivity contribution in [1.82, 2.24) is 4.57 Å². The van der Waals surface area contributed by atoms with Crippen LogP contribution in [0.1, 0.15) is 27.7 Å². The predicted molar refractivity (Wildman–Crippen MR) is 84.2 cm³/mol. The molecule has 1 aromatic heterocycles. The average molecular weight is 270 g/mol. The molecule has 0 unspecified atom stereocenters. The van der Waals surface area contributed by atoms with Gasteiger partial charge < -0.3 is 9.88 Å². The van der Waals surface area contributed by atoms with Crippen LogP contribution in [0.4, 0.5) is 5.69 Å². The maximum Gasteiger partial charge on any atom is 0.252 e. The van der Waals surface area contributed by atoms with Crippen LogP contribution in [0.5, 0.6) is 0 Å². The number of aromatic nitrogens is 1. The lowest BCUT2D eigenvalue weighted by Crippen LogP contribution is -2.19. The van der Waals surface area contributed by atoms with E-state index in [0.29, 0.717) is 6.04 Å². The smallest absolute Gasteiger partial charge is 0.252 e. The highest BCUT2D eigenvalue weighted by molar-refractivity contribution is 5.91. The molecule has 1 aliphatic carbocycles. The van der Waals surface area contributed by atoms with Gasteiger partial charge in [0.05, 0.1) is 5.52 Å². The molecule has 106 valence electrons. The molecule has 1 aliphatic rings. The Labute approximate surface area is 119 Å². The highest BCUT2D eigenvalue weighted by Crippen LogP contribution is 2.63. The fourth-order valence-electron chi connectivity index (χ4n) is 3.24. The molecule has 20 heavy (non-hydrogen) atoms. The van der Waals surface area contributed by atoms with Gasteiger partial charge in [-0.25, -0.2) is 0 Å². The van der Waals surface area contributed by atoms with Gasteiger partial charge in [0.2, 0.25) is 0 Å². The molecular weight excluding hydrogens is 248 g/mol. The lowest BCUT2D eigenvalue weighted by Gasteiger charge is -2.13. The van der Waals surface area contributed by atoms with Gasteiger partial charge in [-0.2, -0.15) is 0 Å². The van der Waals surface area contributed by atoms with Crippen molar-refractivity contribution in [2.24, 2.45) is 17.9 Å². The highest BCUT2D eigenvalue weighted by atomic mass is 16.1. The predicted octanol–water partition coefficient (Wildman–Crippen LogP) is 3.39. The number of fused-ring (bicyclic) bond motifs is 1. The summed E-state index contributed by atoms with van der Waals surface area (Å²) in [4.78, 5) is 12.1. The van der Waals surface area contributed by atoms with Crippen molar-refractivity contribution in [1.29, 1.82) is 0 Å². The van der Waals surface area contributed by atoms with Gasteiger partial charge in [-0.3, -0.25) is 4.79 Å². The minimum Gasteiger partial charge on any atom is -0.380 e. The van der Waals surface area contributed by atoms with Gasteiger partial charge in [0.25, 0.3) is 5.56 Å². The lowest BCUT2D eigenvalue weighted by molar-refractivity contribution is 0.457. The van der Waals surface area contributed by atoms with Gasteiger partial charge in [-0.15, -0.1) is 0 Å². The Morgan fingerprint density at radius 1 is 1.10 bits per heavy atom. The number of para-hydroxylation sites is 1. The van der Waals surface area contributed by atoms with Gasteiger partial charge in [-0.05, 0) is 16.9 Å². The van der Waals surface area contributed by atoms with Crippen LogP contribution in [-0.2, 0) is 7.05 Å². The van der Waals surface area contributed by atoms with Crippen LogP contribution >= 0.6 is 0 Å². The number of rotatable bonds is 2. The van der Waals surface area contributed by atoms with Crippen molar-refractivity contribution in [3.05, 3.63) is 40.7 Å². The molecule has 3 heteroatoms. The Bertz CT molecular complexity index is 726. The molecule has 1 N–H and O–H groups in total. The highest BCUT2D eigenvalue weighted by Gasteiger charge is 2.65. The van der Waals surface area contributed by atoms with E-state index in [1.807, 2.05) is 25.2 Å². The summed E-state index contributed by atoms with van der Waals surface area (Å²) in [6.45, 7) is 9.09. The standard InChI is InChI=1S/C17H22N2O/c1-16(2)15(17(16,3)4)18-12-10-14(20)19(5)13-9-7-6-8-11(12)13/h6-10,15,18H,1-5H3. The molecule has 3 nitrogen and oxygen atoms in total. The van der Waals surface area contributed by atoms with E-state index >= 15 is 0 Å². The van der Waals surface area contributed by atoms with Crippen molar-refractivity contribution < 1.29 is 0 Å². The normalized spacial score (nSPS) is 20.1. The summed E-state index contributed by atoms with van der Waals surface area (Å²) in [6.07, 6.45) is 0. The molecule has 0 amide bonds. The summed E-state index contributed by atoms with van der Waals surface area (Å²) in [5, 5.41) is 4.70. The summed E-state index contributed by atoms with van der Waals surface area (Å²) < 4.78 is 1.70. The molecule has 1 aromatic carbocycles. The molecule has 3 rings (SSSR count). The van der Waals surface area contributed by atoms with Crippen molar-refractivity contribution in [2.75, 3.05) is 5.32 Å². The molecule has 0 saturated heterocycles. The molecule has 0 atom stereocenters.